The molecule has 1 aromatic rings. The number of aryl methyl sites for hydroxylation is 1. The van der Waals surface area contributed by atoms with E-state index < -0.39 is 0 Å². The Labute approximate surface area is 128 Å². The summed E-state index contributed by atoms with van der Waals surface area (Å²) in [6, 6.07) is 3.73. The normalized spacial score (nSPS) is 11.3. The van der Waals surface area contributed by atoms with Crippen LogP contribution in [0.15, 0.2) is 12.1 Å². The first-order valence-corrected chi connectivity index (χ1v) is 8.05. The number of carbonyl (C=O) groups is 1. The highest BCUT2D eigenvalue weighted by atomic mass is 16.1. The number of pyridine rings is 1. The van der Waals surface area contributed by atoms with Gasteiger partial charge in [-0.25, -0.2) is 4.98 Å². The van der Waals surface area contributed by atoms with Crippen molar-refractivity contribution >= 4 is 11.7 Å². The maximum atomic E-state index is 12.6. The van der Waals surface area contributed by atoms with Crippen LogP contribution >= 0.6 is 0 Å². The van der Waals surface area contributed by atoms with Crippen molar-refractivity contribution in [3.05, 3.63) is 23.4 Å². The molecule has 0 saturated heterocycles. The molecule has 1 heterocycles. The predicted octanol–water partition coefficient (Wildman–Crippen LogP) is 3.77. The van der Waals surface area contributed by atoms with Crippen LogP contribution in [0, 0.1) is 0 Å². The Morgan fingerprint density at radius 1 is 1.14 bits per heavy atom. The summed E-state index contributed by atoms with van der Waals surface area (Å²) in [6.45, 7) is 8.49. The first-order valence-electron chi connectivity index (χ1n) is 8.05. The fourth-order valence-electron chi connectivity index (χ4n) is 2.56. The average molecular weight is 291 g/mol. The zero-order valence-electron chi connectivity index (χ0n) is 14.0. The lowest BCUT2D eigenvalue weighted by Gasteiger charge is -2.31. The smallest absolute Gasteiger partial charge is 0.251 e. The molecule has 0 saturated carbocycles. The van der Waals surface area contributed by atoms with Gasteiger partial charge in [-0.15, -0.1) is 0 Å². The molecule has 0 spiro atoms. The Morgan fingerprint density at radius 3 is 2.24 bits per heavy atom. The van der Waals surface area contributed by atoms with Gasteiger partial charge in [0.1, 0.15) is 5.82 Å². The van der Waals surface area contributed by atoms with Crippen LogP contribution in [0.4, 0.5) is 5.82 Å². The molecule has 1 amide bonds. The SMILES string of the molecule is CCCc1cc(C(=O)NC(CC)(CC)CC)cc(NC)n1. The number of carbonyl (C=O) groups excluding carboxylic acids is 1. The van der Waals surface area contributed by atoms with Crippen LogP contribution < -0.4 is 10.6 Å². The molecule has 1 rings (SSSR count). The summed E-state index contributed by atoms with van der Waals surface area (Å²) >= 11 is 0. The van der Waals surface area contributed by atoms with E-state index in [2.05, 4.69) is 43.3 Å². The number of anilines is 1. The summed E-state index contributed by atoms with van der Waals surface area (Å²) in [4.78, 5) is 17.1. The molecule has 4 nitrogen and oxygen atoms in total. The van der Waals surface area contributed by atoms with Crippen molar-refractivity contribution in [1.29, 1.82) is 0 Å². The number of amides is 1. The van der Waals surface area contributed by atoms with Gasteiger partial charge in [-0.1, -0.05) is 34.1 Å². The predicted molar refractivity (Wildman–Crippen MR) is 88.8 cm³/mol. The standard InChI is InChI=1S/C17H29N3O/c1-6-10-14-11-13(12-15(18-5)19-14)16(21)20-17(7-2,8-3)9-4/h11-12H,6-10H2,1-5H3,(H,18,19)(H,20,21). The van der Waals surface area contributed by atoms with E-state index in [0.29, 0.717) is 5.56 Å². The highest BCUT2D eigenvalue weighted by molar-refractivity contribution is 5.95. The molecule has 4 heteroatoms. The van der Waals surface area contributed by atoms with Crippen molar-refractivity contribution < 1.29 is 4.79 Å². The number of nitrogens with one attached hydrogen (secondary N) is 2. The molecule has 0 bridgehead atoms. The molecule has 0 aliphatic carbocycles. The highest BCUT2D eigenvalue weighted by Crippen LogP contribution is 2.21. The minimum absolute atomic E-state index is 0.00296. The first kappa shape index (κ1) is 17.5. The summed E-state index contributed by atoms with van der Waals surface area (Å²) in [6.07, 6.45) is 4.73. The molecule has 2 N–H and O–H groups in total. The van der Waals surface area contributed by atoms with Crippen molar-refractivity contribution in [3.63, 3.8) is 0 Å². The molecular weight excluding hydrogens is 262 g/mol. The number of rotatable bonds is 8. The Bertz CT molecular complexity index is 459. The van der Waals surface area contributed by atoms with Gasteiger partial charge in [0.05, 0.1) is 0 Å². The fraction of sp³-hybridized carbons (Fsp3) is 0.647. The second kappa shape index (κ2) is 8.01. The molecule has 0 atom stereocenters. The van der Waals surface area contributed by atoms with Crippen molar-refractivity contribution in [2.45, 2.75) is 65.3 Å². The lowest BCUT2D eigenvalue weighted by atomic mass is 9.89. The number of hydrogen-bond acceptors (Lipinski definition) is 3. The van der Waals surface area contributed by atoms with Crippen LogP contribution in [0.3, 0.4) is 0 Å². The van der Waals surface area contributed by atoms with Gasteiger partial charge in [-0.2, -0.15) is 0 Å². The van der Waals surface area contributed by atoms with E-state index in [0.717, 1.165) is 43.6 Å². The quantitative estimate of drug-likeness (QED) is 0.766. The van der Waals surface area contributed by atoms with Crippen LogP contribution in [0.1, 0.15) is 69.4 Å². The Balaban J connectivity index is 3.03. The fourth-order valence-corrected chi connectivity index (χ4v) is 2.56. The van der Waals surface area contributed by atoms with E-state index in [9.17, 15) is 4.79 Å². The third-order valence-corrected chi connectivity index (χ3v) is 4.31. The summed E-state index contributed by atoms with van der Waals surface area (Å²) < 4.78 is 0. The summed E-state index contributed by atoms with van der Waals surface area (Å²) in [7, 11) is 1.83. The van der Waals surface area contributed by atoms with Crippen LogP contribution in [0.5, 0.6) is 0 Å². The Hall–Kier alpha value is -1.58. The van der Waals surface area contributed by atoms with Gasteiger partial charge in [-0.3, -0.25) is 4.79 Å². The van der Waals surface area contributed by atoms with Gasteiger partial charge in [0.15, 0.2) is 0 Å². The number of nitrogens with zero attached hydrogens (tertiary/aromatic N) is 1. The van der Waals surface area contributed by atoms with E-state index in [1.807, 2.05) is 19.2 Å². The lowest BCUT2D eigenvalue weighted by molar-refractivity contribution is 0.0888. The van der Waals surface area contributed by atoms with Crippen LogP contribution in [0.2, 0.25) is 0 Å². The van der Waals surface area contributed by atoms with E-state index in [1.165, 1.54) is 0 Å². The maximum absolute atomic E-state index is 12.6. The highest BCUT2D eigenvalue weighted by Gasteiger charge is 2.26. The van der Waals surface area contributed by atoms with Crippen LogP contribution in [-0.2, 0) is 6.42 Å². The van der Waals surface area contributed by atoms with Gasteiger partial charge in [0, 0.05) is 23.8 Å². The van der Waals surface area contributed by atoms with Gasteiger partial charge >= 0.3 is 0 Å². The maximum Gasteiger partial charge on any atom is 0.251 e. The second-order valence-electron chi connectivity index (χ2n) is 5.53. The zero-order valence-corrected chi connectivity index (χ0v) is 14.0. The minimum atomic E-state index is -0.106. The van der Waals surface area contributed by atoms with Gasteiger partial charge in [-0.05, 0) is 37.8 Å². The third-order valence-electron chi connectivity index (χ3n) is 4.31. The molecular formula is C17H29N3O. The molecule has 1 aromatic heterocycles. The number of aromatic nitrogens is 1. The molecule has 0 aliphatic heterocycles. The third kappa shape index (κ3) is 4.45. The van der Waals surface area contributed by atoms with Crippen molar-refractivity contribution in [3.8, 4) is 0 Å². The molecule has 0 unspecified atom stereocenters. The van der Waals surface area contributed by atoms with E-state index in [-0.39, 0.29) is 11.4 Å². The second-order valence-corrected chi connectivity index (χ2v) is 5.53. The lowest BCUT2D eigenvalue weighted by Crippen LogP contribution is -2.47. The monoisotopic (exact) mass is 291 g/mol. The van der Waals surface area contributed by atoms with Crippen molar-refractivity contribution in [2.75, 3.05) is 12.4 Å². The number of hydrogen-bond donors (Lipinski definition) is 2. The Kier molecular flexibility index (Phi) is 6.66. The van der Waals surface area contributed by atoms with Crippen molar-refractivity contribution in [2.24, 2.45) is 0 Å². The summed E-state index contributed by atoms with van der Waals surface area (Å²) in [5.74, 6) is 0.748. The molecule has 0 aliphatic rings. The first-order chi connectivity index (χ1) is 10.0. The minimum Gasteiger partial charge on any atom is -0.373 e. The molecule has 118 valence electrons. The van der Waals surface area contributed by atoms with Crippen LogP contribution in [-0.4, -0.2) is 23.5 Å². The topological polar surface area (TPSA) is 54.0 Å². The van der Waals surface area contributed by atoms with Gasteiger partial charge in [0.2, 0.25) is 0 Å². The zero-order chi connectivity index (χ0) is 15.9. The van der Waals surface area contributed by atoms with Crippen molar-refractivity contribution in [1.82, 2.24) is 10.3 Å². The van der Waals surface area contributed by atoms with E-state index in [1.54, 1.807) is 0 Å². The average Bonchev–Trinajstić information content (AvgIpc) is 2.52. The summed E-state index contributed by atoms with van der Waals surface area (Å²) in [5.41, 5.74) is 1.55. The van der Waals surface area contributed by atoms with Gasteiger partial charge < -0.3 is 10.6 Å². The van der Waals surface area contributed by atoms with E-state index in [4.69, 9.17) is 0 Å². The molecule has 21 heavy (non-hydrogen) atoms. The van der Waals surface area contributed by atoms with Crippen LogP contribution in [0.25, 0.3) is 0 Å². The van der Waals surface area contributed by atoms with E-state index >= 15 is 0 Å². The largest absolute Gasteiger partial charge is 0.373 e. The molecule has 0 fully saturated rings. The Morgan fingerprint density at radius 2 is 1.76 bits per heavy atom. The summed E-state index contributed by atoms with van der Waals surface area (Å²) in [5, 5.41) is 6.26. The molecule has 0 aromatic carbocycles. The molecule has 0 radical (unpaired) electrons. The van der Waals surface area contributed by atoms with Gasteiger partial charge in [0.25, 0.3) is 5.91 Å².